The number of ether oxygens (including phenoxy) is 2. The largest absolute Gasteiger partial charge is 0.444 e. The number of hydrogen-bond donors (Lipinski definition) is 3. The zero-order valence-corrected chi connectivity index (χ0v) is 31.3. The molecule has 10 nitrogen and oxygen atoms in total. The number of carbonyl (C=O) groups is 2. The number of benzene rings is 3. The maximum atomic E-state index is 12.8. The highest BCUT2D eigenvalue weighted by Gasteiger charge is 2.37. The van der Waals surface area contributed by atoms with E-state index >= 15 is 0 Å². The summed E-state index contributed by atoms with van der Waals surface area (Å²) in [7, 11) is 0. The van der Waals surface area contributed by atoms with Gasteiger partial charge in [0.1, 0.15) is 28.6 Å². The molecule has 0 aliphatic carbocycles. The number of halogens is 1. The van der Waals surface area contributed by atoms with Crippen LogP contribution in [0.2, 0.25) is 0 Å². The van der Waals surface area contributed by atoms with Gasteiger partial charge < -0.3 is 25.4 Å². The number of alkyl carbamates (subject to hydrolysis) is 1. The van der Waals surface area contributed by atoms with Gasteiger partial charge in [-0.05, 0) is 112 Å². The number of amidine groups is 2. The Bertz CT molecular complexity index is 1800. The molecule has 0 saturated carbocycles. The minimum absolute atomic E-state index is 0.0675. The molecule has 0 bridgehead atoms. The molecule has 51 heavy (non-hydrogen) atoms. The molecule has 3 heterocycles. The van der Waals surface area contributed by atoms with E-state index < -0.39 is 17.3 Å². The van der Waals surface area contributed by atoms with E-state index in [1.54, 1.807) is 0 Å². The lowest BCUT2D eigenvalue weighted by atomic mass is 9.97. The predicted octanol–water partition coefficient (Wildman–Crippen LogP) is 8.25. The van der Waals surface area contributed by atoms with E-state index in [1.165, 1.54) is 16.3 Å². The summed E-state index contributed by atoms with van der Waals surface area (Å²) in [5.41, 5.74) is 3.18. The molecule has 3 aliphatic heterocycles. The fourth-order valence-electron chi connectivity index (χ4n) is 6.78. The molecule has 3 aliphatic rings. The number of hydrogen-bond acceptors (Lipinski definition) is 8. The summed E-state index contributed by atoms with van der Waals surface area (Å²) in [6, 6.07) is 21.5. The average Bonchev–Trinajstić information content (AvgIpc) is 3.83. The van der Waals surface area contributed by atoms with E-state index in [9.17, 15) is 9.59 Å². The number of likely N-dealkylation sites (tertiary alicyclic amines) is 1. The van der Waals surface area contributed by atoms with Crippen LogP contribution >= 0.6 is 11.6 Å². The van der Waals surface area contributed by atoms with Crippen molar-refractivity contribution in [3.8, 4) is 11.1 Å². The van der Waals surface area contributed by atoms with Crippen molar-refractivity contribution in [3.63, 3.8) is 0 Å². The molecule has 4 atom stereocenters. The maximum Gasteiger partial charge on any atom is 0.410 e. The van der Waals surface area contributed by atoms with Crippen molar-refractivity contribution in [1.29, 1.82) is 0 Å². The van der Waals surface area contributed by atoms with Crippen LogP contribution in [-0.4, -0.2) is 71.1 Å². The Morgan fingerprint density at radius 2 is 1.57 bits per heavy atom. The Kier molecular flexibility index (Phi) is 10.8. The minimum Gasteiger partial charge on any atom is -0.444 e. The summed E-state index contributed by atoms with van der Waals surface area (Å²) in [5.74, 6) is 1.77. The Balaban J connectivity index is 1.03. The second-order valence-electron chi connectivity index (χ2n) is 15.7. The van der Waals surface area contributed by atoms with Gasteiger partial charge >= 0.3 is 12.2 Å². The molecule has 2 amide bonds. The van der Waals surface area contributed by atoms with Gasteiger partial charge in [0, 0.05) is 19.5 Å². The second-order valence-corrected chi connectivity index (χ2v) is 16.1. The molecule has 0 radical (unpaired) electrons. The first kappa shape index (κ1) is 36.5. The fourth-order valence-corrected chi connectivity index (χ4v) is 7.11. The van der Waals surface area contributed by atoms with Crippen LogP contribution in [0.5, 0.6) is 0 Å². The SMILES string of the molecule is CC(C)(C)OC(=O)NCCCCC1=NC(c2ccc(-c3ccc4cc(C5CN=C([C@@H]6CCCN6C(=O)OC(C)(C)C)N5)ccc4c3)cc2)C(Cl)N1. The smallest absolute Gasteiger partial charge is 0.410 e. The summed E-state index contributed by atoms with van der Waals surface area (Å²) in [6.45, 7) is 13.1. The second kappa shape index (κ2) is 15.1. The number of aliphatic imine (C=N–C) groups is 2. The molecule has 11 heteroatoms. The predicted molar refractivity (Wildman–Crippen MR) is 205 cm³/mol. The highest BCUT2D eigenvalue weighted by Crippen LogP contribution is 2.33. The first-order chi connectivity index (χ1) is 24.2. The van der Waals surface area contributed by atoms with Gasteiger partial charge in [0.2, 0.25) is 0 Å². The summed E-state index contributed by atoms with van der Waals surface area (Å²) < 4.78 is 10.9. The lowest BCUT2D eigenvalue weighted by Crippen LogP contribution is -2.46. The molecule has 6 rings (SSSR count). The molecule has 3 N–H and O–H groups in total. The van der Waals surface area contributed by atoms with E-state index in [2.05, 4.69) is 76.6 Å². The molecule has 1 fully saturated rings. The Labute approximate surface area is 306 Å². The van der Waals surface area contributed by atoms with Crippen molar-refractivity contribution in [2.45, 2.75) is 108 Å². The van der Waals surface area contributed by atoms with Crippen molar-refractivity contribution in [3.05, 3.63) is 71.8 Å². The van der Waals surface area contributed by atoms with Crippen molar-refractivity contribution in [1.82, 2.24) is 20.9 Å². The average molecular weight is 715 g/mol. The zero-order valence-electron chi connectivity index (χ0n) is 30.6. The molecule has 272 valence electrons. The van der Waals surface area contributed by atoms with Gasteiger partial charge in [-0.25, -0.2) is 9.59 Å². The summed E-state index contributed by atoms with van der Waals surface area (Å²) in [5, 5.41) is 12.1. The van der Waals surface area contributed by atoms with Gasteiger partial charge in [0.05, 0.1) is 24.5 Å². The molecule has 3 aromatic rings. The third-order valence-electron chi connectivity index (χ3n) is 9.20. The maximum absolute atomic E-state index is 12.8. The minimum atomic E-state index is -0.528. The van der Waals surface area contributed by atoms with Crippen molar-refractivity contribution >= 4 is 46.2 Å². The van der Waals surface area contributed by atoms with Crippen molar-refractivity contribution in [2.24, 2.45) is 9.98 Å². The van der Waals surface area contributed by atoms with Crippen LogP contribution < -0.4 is 16.0 Å². The number of carbonyl (C=O) groups excluding carboxylic acids is 2. The van der Waals surface area contributed by atoms with Gasteiger partial charge in [-0.15, -0.1) is 0 Å². The van der Waals surface area contributed by atoms with Crippen LogP contribution in [-0.2, 0) is 9.47 Å². The number of amides is 2. The molecule has 3 aromatic carbocycles. The summed E-state index contributed by atoms with van der Waals surface area (Å²) >= 11 is 6.68. The number of fused-ring (bicyclic) bond motifs is 1. The lowest BCUT2D eigenvalue weighted by molar-refractivity contribution is 0.0264. The monoisotopic (exact) mass is 714 g/mol. The van der Waals surface area contributed by atoms with Crippen LogP contribution in [0, 0.1) is 0 Å². The first-order valence-electron chi connectivity index (χ1n) is 18.1. The molecule has 1 saturated heterocycles. The van der Waals surface area contributed by atoms with Crippen LogP contribution in [0.25, 0.3) is 21.9 Å². The third kappa shape index (κ3) is 9.33. The number of unbranched alkanes of at least 4 members (excludes halogenated alkanes) is 1. The van der Waals surface area contributed by atoms with E-state index in [1.807, 2.05) is 46.4 Å². The Hall–Kier alpha value is -4.31. The van der Waals surface area contributed by atoms with Crippen LogP contribution in [0.3, 0.4) is 0 Å². The van der Waals surface area contributed by atoms with Gasteiger partial charge in [-0.2, -0.15) is 0 Å². The highest BCUT2D eigenvalue weighted by atomic mass is 35.5. The van der Waals surface area contributed by atoms with E-state index in [-0.39, 0.29) is 29.7 Å². The van der Waals surface area contributed by atoms with Gasteiger partial charge in [-0.3, -0.25) is 14.9 Å². The molecular formula is C40H51ClN6O4. The number of nitrogens with one attached hydrogen (secondary N) is 3. The van der Waals surface area contributed by atoms with E-state index in [0.717, 1.165) is 60.5 Å². The lowest BCUT2D eigenvalue weighted by Gasteiger charge is -2.29. The number of rotatable bonds is 9. The van der Waals surface area contributed by atoms with Crippen LogP contribution in [0.4, 0.5) is 9.59 Å². The third-order valence-corrected chi connectivity index (χ3v) is 9.55. The normalized spacial score (nSPS) is 21.9. The Morgan fingerprint density at radius 3 is 2.31 bits per heavy atom. The summed E-state index contributed by atoms with van der Waals surface area (Å²) in [4.78, 5) is 36.2. The number of alkyl halides is 1. The highest BCUT2D eigenvalue weighted by molar-refractivity contribution is 6.22. The number of nitrogens with zero attached hydrogens (tertiary/aromatic N) is 3. The summed E-state index contributed by atoms with van der Waals surface area (Å²) in [6.07, 6.45) is 3.63. The molecule has 3 unspecified atom stereocenters. The van der Waals surface area contributed by atoms with E-state index in [4.69, 9.17) is 31.1 Å². The molecule has 0 spiro atoms. The standard InChI is InChI=1S/C40H51ClN6O4/c1-39(2,3)50-37(48)42-20-8-7-11-33-45-34(35(41)46-33)26-14-12-25(13-15-26)27-16-17-29-23-30(19-18-28(29)22-27)31-24-43-36(44-31)32-10-9-21-47(32)38(49)51-40(4,5)6/h12-19,22-23,31-32,34-35H,7-11,20-21,24H2,1-6H3,(H,42,48)(H,43,44)(H,45,46)/t31?,32-,34?,35?/m0/s1. The molecule has 0 aromatic heterocycles. The van der Waals surface area contributed by atoms with E-state index in [0.29, 0.717) is 19.6 Å². The zero-order chi connectivity index (χ0) is 36.3. The quantitative estimate of drug-likeness (QED) is 0.117. The topological polar surface area (TPSA) is 117 Å². The van der Waals surface area contributed by atoms with Gasteiger partial charge in [-0.1, -0.05) is 60.1 Å². The fraction of sp³-hybridized carbons (Fsp3) is 0.500. The first-order valence-corrected chi connectivity index (χ1v) is 18.5. The van der Waals surface area contributed by atoms with Crippen LogP contribution in [0.15, 0.2) is 70.6 Å². The van der Waals surface area contributed by atoms with Crippen LogP contribution in [0.1, 0.15) is 96.9 Å². The van der Waals surface area contributed by atoms with Gasteiger partial charge in [0.25, 0.3) is 0 Å². The van der Waals surface area contributed by atoms with Crippen molar-refractivity contribution in [2.75, 3.05) is 19.6 Å². The Morgan fingerprint density at radius 1 is 0.882 bits per heavy atom. The molecular weight excluding hydrogens is 664 g/mol. The van der Waals surface area contributed by atoms with Gasteiger partial charge in [0.15, 0.2) is 0 Å². The van der Waals surface area contributed by atoms with Crippen molar-refractivity contribution < 1.29 is 19.1 Å².